The van der Waals surface area contributed by atoms with Crippen LogP contribution in [0.15, 0.2) is 42.5 Å². The Balaban J connectivity index is 1.74. The average molecular weight is 339 g/mol. The molecule has 0 atom stereocenters. The van der Waals surface area contributed by atoms with E-state index in [1.807, 2.05) is 23.1 Å². The summed E-state index contributed by atoms with van der Waals surface area (Å²) < 4.78 is 11.2. The van der Waals surface area contributed by atoms with Crippen LogP contribution < -0.4 is 9.47 Å². The van der Waals surface area contributed by atoms with Crippen LogP contribution in [0.4, 0.5) is 0 Å². The molecule has 132 valence electrons. The van der Waals surface area contributed by atoms with Gasteiger partial charge in [0.15, 0.2) is 11.5 Å². The third-order valence-corrected chi connectivity index (χ3v) is 4.58. The maximum Gasteiger partial charge on any atom is 0.254 e. The summed E-state index contributed by atoms with van der Waals surface area (Å²) in [6, 6.07) is 13.8. The standard InChI is InChI=1S/C21H25NO3/c1-3-4-13-25-19-10-9-17(14-20(19)24-2)21(23)22-12-11-16-7-5-6-8-18(16)15-22/h5-10,14H,3-4,11-13,15H2,1-2H3. The highest BCUT2D eigenvalue weighted by Crippen LogP contribution is 2.29. The number of rotatable bonds is 6. The van der Waals surface area contributed by atoms with Gasteiger partial charge in [-0.3, -0.25) is 4.79 Å². The number of carbonyl (C=O) groups excluding carboxylic acids is 1. The zero-order valence-electron chi connectivity index (χ0n) is 15.0. The third kappa shape index (κ3) is 3.95. The molecule has 1 amide bonds. The molecule has 0 bridgehead atoms. The van der Waals surface area contributed by atoms with Gasteiger partial charge < -0.3 is 14.4 Å². The van der Waals surface area contributed by atoms with Gasteiger partial charge in [0.25, 0.3) is 5.91 Å². The maximum atomic E-state index is 12.9. The van der Waals surface area contributed by atoms with Crippen molar-refractivity contribution in [2.45, 2.75) is 32.7 Å². The molecule has 0 aliphatic carbocycles. The molecule has 0 fully saturated rings. The molecule has 2 aromatic carbocycles. The van der Waals surface area contributed by atoms with E-state index in [-0.39, 0.29) is 5.91 Å². The van der Waals surface area contributed by atoms with Gasteiger partial charge in [0.1, 0.15) is 0 Å². The SMILES string of the molecule is CCCCOc1ccc(C(=O)N2CCc3ccccc3C2)cc1OC. The van der Waals surface area contributed by atoms with Gasteiger partial charge in [0.05, 0.1) is 13.7 Å². The summed E-state index contributed by atoms with van der Waals surface area (Å²) in [6.07, 6.45) is 2.98. The quantitative estimate of drug-likeness (QED) is 0.745. The number of nitrogens with zero attached hydrogens (tertiary/aromatic N) is 1. The monoisotopic (exact) mass is 339 g/mol. The number of benzene rings is 2. The molecule has 25 heavy (non-hydrogen) atoms. The average Bonchev–Trinajstić information content (AvgIpc) is 2.67. The van der Waals surface area contributed by atoms with Crippen molar-refractivity contribution >= 4 is 5.91 Å². The van der Waals surface area contributed by atoms with Crippen LogP contribution in [-0.4, -0.2) is 31.1 Å². The van der Waals surface area contributed by atoms with Crippen molar-refractivity contribution < 1.29 is 14.3 Å². The Morgan fingerprint density at radius 1 is 1.12 bits per heavy atom. The second-order valence-electron chi connectivity index (χ2n) is 6.31. The first-order chi connectivity index (χ1) is 12.2. The van der Waals surface area contributed by atoms with Crippen LogP contribution in [0.1, 0.15) is 41.3 Å². The number of hydrogen-bond donors (Lipinski definition) is 0. The number of ether oxygens (including phenoxy) is 2. The molecule has 3 rings (SSSR count). The first-order valence-corrected chi connectivity index (χ1v) is 8.89. The molecule has 2 aromatic rings. The van der Waals surface area contributed by atoms with Gasteiger partial charge in [-0.25, -0.2) is 0 Å². The Kier molecular flexibility index (Phi) is 5.59. The topological polar surface area (TPSA) is 38.8 Å². The van der Waals surface area contributed by atoms with Crippen LogP contribution in [-0.2, 0) is 13.0 Å². The molecule has 0 aromatic heterocycles. The van der Waals surface area contributed by atoms with Crippen molar-refractivity contribution in [3.05, 3.63) is 59.2 Å². The van der Waals surface area contributed by atoms with Crippen molar-refractivity contribution in [3.63, 3.8) is 0 Å². The number of unbranched alkanes of at least 4 members (excludes halogenated alkanes) is 1. The van der Waals surface area contributed by atoms with Crippen LogP contribution in [0.25, 0.3) is 0 Å². The largest absolute Gasteiger partial charge is 0.493 e. The van der Waals surface area contributed by atoms with Crippen LogP contribution in [0.2, 0.25) is 0 Å². The fourth-order valence-electron chi connectivity index (χ4n) is 3.10. The molecule has 1 heterocycles. The Bertz CT molecular complexity index is 742. The van der Waals surface area contributed by atoms with Gasteiger partial charge >= 0.3 is 0 Å². The number of methoxy groups -OCH3 is 1. The molecule has 1 aliphatic heterocycles. The fraction of sp³-hybridized carbons (Fsp3) is 0.381. The van der Waals surface area contributed by atoms with Crippen LogP contribution >= 0.6 is 0 Å². The number of carbonyl (C=O) groups is 1. The van der Waals surface area contributed by atoms with E-state index < -0.39 is 0 Å². The molecule has 0 saturated carbocycles. The van der Waals surface area contributed by atoms with E-state index in [0.29, 0.717) is 30.2 Å². The summed E-state index contributed by atoms with van der Waals surface area (Å²) in [5.74, 6) is 1.34. The van der Waals surface area contributed by atoms with E-state index in [9.17, 15) is 4.79 Å². The van der Waals surface area contributed by atoms with Crippen LogP contribution in [0.5, 0.6) is 11.5 Å². The minimum Gasteiger partial charge on any atom is -0.493 e. The summed E-state index contributed by atoms with van der Waals surface area (Å²) in [6.45, 7) is 4.18. The summed E-state index contributed by atoms with van der Waals surface area (Å²) in [4.78, 5) is 14.8. The van der Waals surface area contributed by atoms with E-state index in [1.165, 1.54) is 11.1 Å². The lowest BCUT2D eigenvalue weighted by molar-refractivity contribution is 0.0734. The zero-order valence-corrected chi connectivity index (χ0v) is 15.0. The highest BCUT2D eigenvalue weighted by molar-refractivity contribution is 5.95. The summed E-state index contributed by atoms with van der Waals surface area (Å²) in [5, 5.41) is 0. The highest BCUT2D eigenvalue weighted by Gasteiger charge is 2.22. The summed E-state index contributed by atoms with van der Waals surface area (Å²) in [7, 11) is 1.60. The first-order valence-electron chi connectivity index (χ1n) is 8.89. The predicted molar refractivity (Wildman–Crippen MR) is 98.3 cm³/mol. The molecule has 4 heteroatoms. The van der Waals surface area contributed by atoms with Crippen molar-refractivity contribution in [2.24, 2.45) is 0 Å². The normalized spacial score (nSPS) is 13.3. The van der Waals surface area contributed by atoms with Crippen LogP contribution in [0.3, 0.4) is 0 Å². The molecular weight excluding hydrogens is 314 g/mol. The minimum absolute atomic E-state index is 0.0351. The van der Waals surface area contributed by atoms with Gasteiger partial charge in [-0.05, 0) is 42.2 Å². The van der Waals surface area contributed by atoms with E-state index in [4.69, 9.17) is 9.47 Å². The molecule has 4 nitrogen and oxygen atoms in total. The van der Waals surface area contributed by atoms with Gasteiger partial charge in [-0.2, -0.15) is 0 Å². The van der Waals surface area contributed by atoms with Crippen LogP contribution in [0, 0.1) is 0 Å². The maximum absolute atomic E-state index is 12.9. The third-order valence-electron chi connectivity index (χ3n) is 4.58. The fourth-order valence-corrected chi connectivity index (χ4v) is 3.10. The van der Waals surface area contributed by atoms with Gasteiger partial charge in [0, 0.05) is 18.7 Å². The molecule has 0 unspecified atom stereocenters. The number of amides is 1. The van der Waals surface area contributed by atoms with Gasteiger partial charge in [0.2, 0.25) is 0 Å². The lowest BCUT2D eigenvalue weighted by Gasteiger charge is -2.29. The molecule has 0 N–H and O–H groups in total. The molecule has 0 radical (unpaired) electrons. The zero-order chi connectivity index (χ0) is 17.6. The van der Waals surface area contributed by atoms with E-state index in [0.717, 1.165) is 25.8 Å². The molecule has 1 aliphatic rings. The molecule has 0 saturated heterocycles. The second-order valence-corrected chi connectivity index (χ2v) is 6.31. The number of hydrogen-bond acceptors (Lipinski definition) is 3. The smallest absolute Gasteiger partial charge is 0.254 e. The lowest BCUT2D eigenvalue weighted by Crippen LogP contribution is -2.35. The summed E-state index contributed by atoms with van der Waals surface area (Å²) >= 11 is 0. The van der Waals surface area contributed by atoms with Gasteiger partial charge in [-0.15, -0.1) is 0 Å². The van der Waals surface area contributed by atoms with Gasteiger partial charge in [-0.1, -0.05) is 37.6 Å². The Morgan fingerprint density at radius 2 is 1.92 bits per heavy atom. The Hall–Kier alpha value is -2.49. The van der Waals surface area contributed by atoms with Crippen molar-refractivity contribution in [1.29, 1.82) is 0 Å². The van der Waals surface area contributed by atoms with Crippen molar-refractivity contribution in [2.75, 3.05) is 20.3 Å². The Labute approximate surface area is 149 Å². The Morgan fingerprint density at radius 3 is 2.68 bits per heavy atom. The highest BCUT2D eigenvalue weighted by atomic mass is 16.5. The number of fused-ring (bicyclic) bond motifs is 1. The van der Waals surface area contributed by atoms with E-state index in [2.05, 4.69) is 25.1 Å². The summed E-state index contributed by atoms with van der Waals surface area (Å²) in [5.41, 5.74) is 3.21. The predicted octanol–water partition coefficient (Wildman–Crippen LogP) is 4.07. The first kappa shape index (κ1) is 17.3. The molecule has 0 spiro atoms. The van der Waals surface area contributed by atoms with Crippen molar-refractivity contribution in [1.82, 2.24) is 4.90 Å². The lowest BCUT2D eigenvalue weighted by atomic mass is 9.99. The minimum atomic E-state index is 0.0351. The second kappa shape index (κ2) is 8.06. The van der Waals surface area contributed by atoms with E-state index >= 15 is 0 Å². The van der Waals surface area contributed by atoms with Crippen molar-refractivity contribution in [3.8, 4) is 11.5 Å². The van der Waals surface area contributed by atoms with E-state index in [1.54, 1.807) is 13.2 Å². The molecular formula is C21H25NO3.